The molecule has 0 aliphatic carbocycles. The van der Waals surface area contributed by atoms with Crippen molar-refractivity contribution in [3.8, 4) is 44.5 Å². The summed E-state index contributed by atoms with van der Waals surface area (Å²) in [5.41, 5.74) is 5.47. The van der Waals surface area contributed by atoms with Crippen molar-refractivity contribution in [2.24, 2.45) is 0 Å². The minimum atomic E-state index is -0.440. The summed E-state index contributed by atoms with van der Waals surface area (Å²) < 4.78 is 84.2. The number of benzene rings is 8. The molecule has 45 heavy (non-hydrogen) atoms. The number of hydrogen-bond acceptors (Lipinski definition) is 1. The number of fused-ring (bicyclic) bond motifs is 5. The van der Waals surface area contributed by atoms with E-state index in [1.165, 1.54) is 0 Å². The van der Waals surface area contributed by atoms with E-state index < -0.39 is 18.1 Å². The van der Waals surface area contributed by atoms with Crippen LogP contribution in [0.1, 0.15) is 12.3 Å². The topological polar surface area (TPSA) is 13.1 Å². The summed E-state index contributed by atoms with van der Waals surface area (Å²) in [6, 6.07) is 33.6. The van der Waals surface area contributed by atoms with E-state index in [9.17, 15) is 2.74 Å². The van der Waals surface area contributed by atoms with E-state index >= 15 is 0 Å². The van der Waals surface area contributed by atoms with Gasteiger partial charge in [-0.05, 0) is 90.3 Å². The second kappa shape index (κ2) is 10.4. The molecule has 0 aliphatic rings. The Morgan fingerprint density at radius 3 is 1.56 bits per heavy atom. The van der Waals surface area contributed by atoms with E-state index in [1.54, 1.807) is 18.2 Å². The number of rotatable bonds is 4. The highest BCUT2D eigenvalue weighted by atomic mass is 16.3. The summed E-state index contributed by atoms with van der Waals surface area (Å²) >= 11 is 0. The third kappa shape index (κ3) is 4.24. The maximum atomic E-state index is 9.67. The third-order valence-electron chi connectivity index (χ3n) is 8.43. The lowest BCUT2D eigenvalue weighted by atomic mass is 9.85. The first-order valence-electron chi connectivity index (χ1n) is 19.2. The Bertz CT molecular complexity index is 2950. The molecule has 1 nitrogen and oxygen atoms in total. The molecular formula is C44H28O. The molecule has 210 valence electrons. The Morgan fingerprint density at radius 1 is 0.356 bits per heavy atom. The van der Waals surface area contributed by atoms with Crippen molar-refractivity contribution < 1.29 is 16.8 Å². The van der Waals surface area contributed by atoms with Crippen LogP contribution in [-0.2, 0) is 0 Å². The van der Waals surface area contributed by atoms with E-state index in [1.807, 2.05) is 97.1 Å². The van der Waals surface area contributed by atoms with Crippen LogP contribution in [0.5, 0.6) is 0 Å². The number of para-hydroxylation sites is 1. The smallest absolute Gasteiger partial charge is 0.135 e. The maximum Gasteiger partial charge on any atom is 0.135 e. The van der Waals surface area contributed by atoms with Gasteiger partial charge in [-0.25, -0.2) is 0 Å². The van der Waals surface area contributed by atoms with Crippen LogP contribution in [0.15, 0.2) is 174 Å². The summed E-state index contributed by atoms with van der Waals surface area (Å²) in [5.74, 6) is 0. The van der Waals surface area contributed by atoms with Crippen LogP contribution < -0.4 is 0 Å². The predicted octanol–water partition coefficient (Wildman–Crippen LogP) is 12.6. The Balaban J connectivity index is 1.29. The third-order valence-corrected chi connectivity index (χ3v) is 8.43. The van der Waals surface area contributed by atoms with Crippen LogP contribution in [0.3, 0.4) is 0 Å². The fourth-order valence-corrected chi connectivity index (χ4v) is 6.40. The molecule has 8 aromatic carbocycles. The highest BCUT2D eigenvalue weighted by Gasteiger charge is 2.17. The van der Waals surface area contributed by atoms with Gasteiger partial charge in [0.15, 0.2) is 0 Å². The van der Waals surface area contributed by atoms with Crippen molar-refractivity contribution in [1.29, 1.82) is 0 Å². The maximum absolute atomic E-state index is 9.67. The molecule has 0 atom stereocenters. The van der Waals surface area contributed by atoms with Crippen molar-refractivity contribution in [2.75, 3.05) is 0 Å². The quantitative estimate of drug-likeness (QED) is 0.188. The zero-order valence-electron chi connectivity index (χ0n) is 32.9. The minimum Gasteiger partial charge on any atom is -0.456 e. The van der Waals surface area contributed by atoms with Crippen molar-refractivity contribution in [3.63, 3.8) is 0 Å². The Labute approximate surface area is 274 Å². The Hall–Kier alpha value is -5.92. The summed E-state index contributed by atoms with van der Waals surface area (Å²) in [6.45, 7) is 0. The first-order chi connectivity index (χ1) is 26.1. The molecule has 0 amide bonds. The first-order valence-corrected chi connectivity index (χ1v) is 14.7. The molecule has 0 radical (unpaired) electrons. The molecule has 1 heteroatoms. The number of furan rings is 1. The average Bonchev–Trinajstić information content (AvgIpc) is 3.57. The van der Waals surface area contributed by atoms with Gasteiger partial charge in [0.25, 0.3) is 0 Å². The molecule has 0 bridgehead atoms. The minimum absolute atomic E-state index is 0.0146. The summed E-state index contributed by atoms with van der Waals surface area (Å²) in [5, 5.41) is 4.96. The highest BCUT2D eigenvalue weighted by molar-refractivity contribution is 6.21. The molecule has 0 spiro atoms. The Kier molecular flexibility index (Phi) is 4.15. The molecule has 0 saturated carbocycles. The van der Waals surface area contributed by atoms with Gasteiger partial charge in [0.1, 0.15) is 11.2 Å². The summed E-state index contributed by atoms with van der Waals surface area (Å²) in [6.07, 6.45) is 0. The van der Waals surface area contributed by atoms with E-state index in [0.717, 1.165) is 49.0 Å². The van der Waals surface area contributed by atoms with Crippen LogP contribution in [0.4, 0.5) is 0 Å². The lowest BCUT2D eigenvalue weighted by Gasteiger charge is -2.18. The van der Waals surface area contributed by atoms with Gasteiger partial charge in [-0.1, -0.05) is 145 Å². The first kappa shape index (κ1) is 18.0. The molecule has 0 fully saturated rings. The summed E-state index contributed by atoms with van der Waals surface area (Å²) in [4.78, 5) is 0. The van der Waals surface area contributed by atoms with Crippen LogP contribution in [0, 0.1) is 0 Å². The van der Waals surface area contributed by atoms with E-state index in [4.69, 9.17) is 14.0 Å². The molecule has 1 aromatic heterocycles. The molecule has 9 aromatic rings. The van der Waals surface area contributed by atoms with Crippen LogP contribution in [-0.4, -0.2) is 0 Å². The molecule has 0 N–H and O–H groups in total. The molecule has 1 heterocycles. The van der Waals surface area contributed by atoms with Gasteiger partial charge in [-0.3, -0.25) is 0 Å². The molecular weight excluding hydrogens is 544 g/mol. The van der Waals surface area contributed by atoms with Crippen molar-refractivity contribution in [3.05, 3.63) is 170 Å². The van der Waals surface area contributed by atoms with Crippen molar-refractivity contribution in [1.82, 2.24) is 0 Å². The van der Waals surface area contributed by atoms with Crippen molar-refractivity contribution >= 4 is 43.5 Å². The average molecular weight is 582 g/mol. The zero-order valence-corrected chi connectivity index (χ0v) is 23.9. The highest BCUT2D eigenvalue weighted by Crippen LogP contribution is 2.44. The van der Waals surface area contributed by atoms with Gasteiger partial charge in [-0.2, -0.15) is 0 Å². The molecule has 0 saturated heterocycles. The standard InChI is InChI=1S/C44H28O/c1-2-11-29(12-3-1)30-21-23-31(24-22-30)43-36-16-4-6-18-38(36)44(39-19-7-5-17-37(39)43)34-14-10-13-32(27-34)33-25-26-42-40(28-33)35-15-8-9-20-41(35)45-42/h1-28H/i1D,2D,3D,10D,11D,12D,13D,14D,27D. The van der Waals surface area contributed by atoms with Gasteiger partial charge in [0.05, 0.1) is 12.3 Å². The Morgan fingerprint density at radius 2 is 0.867 bits per heavy atom. The SMILES string of the molecule is [2H]c1c([2H])c([2H])c(-c2ccc(-c3c4ccccc4c(-c4c([2H])c([2H])c([2H])c(-c5ccc6oc7ccccc7c6c5)c4[2H])c4ccccc34)cc2)c([2H])c1[2H]. The van der Waals surface area contributed by atoms with Crippen LogP contribution in [0.25, 0.3) is 88.0 Å². The van der Waals surface area contributed by atoms with Gasteiger partial charge < -0.3 is 4.42 Å². The largest absolute Gasteiger partial charge is 0.456 e. The van der Waals surface area contributed by atoms with E-state index in [-0.39, 0.29) is 52.9 Å². The second-order valence-electron chi connectivity index (χ2n) is 11.0. The van der Waals surface area contributed by atoms with Gasteiger partial charge >= 0.3 is 0 Å². The normalized spacial score (nSPS) is 14.4. The van der Waals surface area contributed by atoms with Gasteiger partial charge in [-0.15, -0.1) is 0 Å². The van der Waals surface area contributed by atoms with E-state index in [2.05, 4.69) is 0 Å². The van der Waals surface area contributed by atoms with E-state index in [0.29, 0.717) is 22.3 Å². The predicted molar refractivity (Wildman–Crippen MR) is 190 cm³/mol. The van der Waals surface area contributed by atoms with Crippen LogP contribution >= 0.6 is 0 Å². The summed E-state index contributed by atoms with van der Waals surface area (Å²) in [7, 11) is 0. The monoisotopic (exact) mass is 581 g/mol. The second-order valence-corrected chi connectivity index (χ2v) is 11.0. The fourth-order valence-electron chi connectivity index (χ4n) is 6.40. The number of hydrogen-bond donors (Lipinski definition) is 0. The lowest BCUT2D eigenvalue weighted by molar-refractivity contribution is 0.669. The van der Waals surface area contributed by atoms with Crippen molar-refractivity contribution in [2.45, 2.75) is 0 Å². The molecule has 9 rings (SSSR count). The molecule has 0 unspecified atom stereocenters. The molecule has 0 aliphatic heterocycles. The fraction of sp³-hybridized carbons (Fsp3) is 0. The lowest BCUT2D eigenvalue weighted by Crippen LogP contribution is -1.91. The van der Waals surface area contributed by atoms with Crippen LogP contribution in [0.2, 0.25) is 0 Å². The van der Waals surface area contributed by atoms with Gasteiger partial charge in [0.2, 0.25) is 0 Å². The van der Waals surface area contributed by atoms with Gasteiger partial charge in [0, 0.05) is 10.8 Å². The zero-order chi connectivity index (χ0) is 37.6.